The average Bonchev–Trinajstić information content (AvgIpc) is 3.25. The van der Waals surface area contributed by atoms with Crippen LogP contribution in [0, 0.1) is 0 Å². The second-order valence-corrected chi connectivity index (χ2v) is 10.7. The van der Waals surface area contributed by atoms with E-state index in [4.69, 9.17) is 0 Å². The molecule has 33 heavy (non-hydrogen) atoms. The highest BCUT2D eigenvalue weighted by Crippen LogP contribution is 2.22. The van der Waals surface area contributed by atoms with Crippen LogP contribution in [0.25, 0.3) is 10.2 Å². The Labute approximate surface area is 198 Å². The molecule has 0 spiro atoms. The van der Waals surface area contributed by atoms with Crippen molar-refractivity contribution in [3.05, 3.63) is 95.5 Å². The number of nitrogens with one attached hydrogen (secondary N) is 1. The molecule has 170 valence electrons. The molecule has 6 nitrogen and oxygen atoms in total. The van der Waals surface area contributed by atoms with Crippen LogP contribution in [0.5, 0.6) is 0 Å². The minimum atomic E-state index is -3.82. The van der Waals surface area contributed by atoms with Gasteiger partial charge in [-0.3, -0.25) is 4.79 Å². The topological polar surface area (TPSA) is 79.4 Å². The van der Waals surface area contributed by atoms with Gasteiger partial charge in [-0.25, -0.2) is 13.4 Å². The first-order chi connectivity index (χ1) is 16.0. The average molecular weight is 480 g/mol. The van der Waals surface area contributed by atoms with Gasteiger partial charge in [-0.15, -0.1) is 11.3 Å². The van der Waals surface area contributed by atoms with Gasteiger partial charge in [0.25, 0.3) is 0 Å². The maximum Gasteiger partial charge on any atom is 0.243 e. The summed E-state index contributed by atoms with van der Waals surface area (Å²) in [5.41, 5.74) is 1.81. The van der Waals surface area contributed by atoms with E-state index in [0.717, 1.165) is 33.6 Å². The van der Waals surface area contributed by atoms with Crippen LogP contribution in [0.3, 0.4) is 0 Å². The van der Waals surface area contributed by atoms with E-state index in [9.17, 15) is 13.2 Å². The first-order valence-corrected chi connectivity index (χ1v) is 13.0. The molecule has 8 heteroatoms. The Morgan fingerprint density at radius 2 is 1.58 bits per heavy atom. The maximum absolute atomic E-state index is 13.2. The first kappa shape index (κ1) is 23.1. The van der Waals surface area contributed by atoms with E-state index < -0.39 is 10.0 Å². The van der Waals surface area contributed by atoms with Gasteiger partial charge in [0.1, 0.15) is 0 Å². The summed E-state index contributed by atoms with van der Waals surface area (Å²) in [6.45, 7) is 0.337. The minimum absolute atomic E-state index is 0.122. The standard InChI is InChI=1S/C25H25N3O3S2/c29-24(26-17-9-16-25-27-22-14-7-8-15-23(22)32-25)19-28(18-20-10-3-1-4-11-20)33(30,31)21-12-5-2-6-13-21/h1-8,10-15H,9,16-19H2,(H,26,29). The number of amides is 1. The van der Waals surface area contributed by atoms with E-state index in [1.54, 1.807) is 41.7 Å². The van der Waals surface area contributed by atoms with Crippen molar-refractivity contribution in [2.24, 2.45) is 0 Å². The van der Waals surface area contributed by atoms with Gasteiger partial charge < -0.3 is 5.32 Å². The number of aryl methyl sites for hydroxylation is 1. The van der Waals surface area contributed by atoms with Crippen molar-refractivity contribution in [1.82, 2.24) is 14.6 Å². The van der Waals surface area contributed by atoms with Crippen LogP contribution in [0.2, 0.25) is 0 Å². The van der Waals surface area contributed by atoms with Crippen LogP contribution in [0.4, 0.5) is 0 Å². The SMILES string of the molecule is O=C(CN(Cc1ccccc1)S(=O)(=O)c1ccccc1)NCCCc1nc2ccccc2s1. The van der Waals surface area contributed by atoms with Gasteiger partial charge >= 0.3 is 0 Å². The molecule has 0 unspecified atom stereocenters. The molecule has 0 saturated heterocycles. The largest absolute Gasteiger partial charge is 0.355 e. The van der Waals surface area contributed by atoms with Crippen molar-refractivity contribution in [1.29, 1.82) is 0 Å². The van der Waals surface area contributed by atoms with Crippen LogP contribution in [-0.2, 0) is 27.8 Å². The number of nitrogens with zero attached hydrogens (tertiary/aromatic N) is 2. The van der Waals surface area contributed by atoms with E-state index in [-0.39, 0.29) is 23.9 Å². The predicted molar refractivity (Wildman–Crippen MR) is 131 cm³/mol. The molecule has 0 atom stereocenters. The lowest BCUT2D eigenvalue weighted by Gasteiger charge is -2.22. The molecular weight excluding hydrogens is 454 g/mol. The van der Waals surface area contributed by atoms with Gasteiger partial charge in [-0.2, -0.15) is 4.31 Å². The Morgan fingerprint density at radius 3 is 2.30 bits per heavy atom. The molecule has 0 aliphatic heterocycles. The van der Waals surface area contributed by atoms with E-state index in [1.165, 1.54) is 4.31 Å². The number of fused-ring (bicyclic) bond motifs is 1. The summed E-state index contributed by atoms with van der Waals surface area (Å²) >= 11 is 1.66. The lowest BCUT2D eigenvalue weighted by molar-refractivity contribution is -0.121. The quantitative estimate of drug-likeness (QED) is 0.345. The number of hydrogen-bond acceptors (Lipinski definition) is 5. The van der Waals surface area contributed by atoms with Crippen molar-refractivity contribution in [2.75, 3.05) is 13.1 Å². The molecule has 0 saturated carbocycles. The molecule has 3 aromatic carbocycles. The molecule has 0 bridgehead atoms. The fraction of sp³-hybridized carbons (Fsp3) is 0.200. The molecule has 0 aliphatic rings. The fourth-order valence-corrected chi connectivity index (χ4v) is 5.88. The van der Waals surface area contributed by atoms with Crippen LogP contribution < -0.4 is 5.32 Å². The summed E-state index contributed by atoms with van der Waals surface area (Å²) < 4.78 is 28.8. The van der Waals surface area contributed by atoms with E-state index in [0.29, 0.717) is 6.54 Å². The number of thiazole rings is 1. The molecular formula is C25H25N3O3S2. The monoisotopic (exact) mass is 479 g/mol. The lowest BCUT2D eigenvalue weighted by atomic mass is 10.2. The summed E-state index contributed by atoms with van der Waals surface area (Å²) in [5, 5.41) is 3.89. The molecule has 1 heterocycles. The van der Waals surface area contributed by atoms with Gasteiger partial charge in [-0.1, -0.05) is 60.7 Å². The Bertz CT molecular complexity index is 1270. The Morgan fingerprint density at radius 1 is 0.909 bits per heavy atom. The van der Waals surface area contributed by atoms with E-state index in [2.05, 4.69) is 10.3 Å². The zero-order chi connectivity index (χ0) is 23.1. The molecule has 1 amide bonds. The van der Waals surface area contributed by atoms with Crippen molar-refractivity contribution >= 4 is 37.5 Å². The highest BCUT2D eigenvalue weighted by molar-refractivity contribution is 7.89. The van der Waals surface area contributed by atoms with Gasteiger partial charge in [0.05, 0.1) is 26.7 Å². The zero-order valence-electron chi connectivity index (χ0n) is 18.1. The number of hydrogen-bond donors (Lipinski definition) is 1. The van der Waals surface area contributed by atoms with Crippen molar-refractivity contribution in [3.63, 3.8) is 0 Å². The molecule has 0 fully saturated rings. The fourth-order valence-electron chi connectivity index (χ4n) is 3.46. The van der Waals surface area contributed by atoms with Gasteiger partial charge in [-0.05, 0) is 36.2 Å². The predicted octanol–water partition coefficient (Wildman–Crippen LogP) is 4.24. The summed E-state index contributed by atoms with van der Waals surface area (Å²) in [4.78, 5) is 17.4. The highest BCUT2D eigenvalue weighted by Gasteiger charge is 2.26. The number of rotatable bonds is 10. The molecule has 1 aromatic heterocycles. The van der Waals surface area contributed by atoms with Gasteiger partial charge in [0, 0.05) is 19.5 Å². The van der Waals surface area contributed by atoms with Crippen LogP contribution in [0.15, 0.2) is 89.8 Å². The van der Waals surface area contributed by atoms with Crippen molar-refractivity contribution in [3.8, 4) is 0 Å². The van der Waals surface area contributed by atoms with Crippen molar-refractivity contribution < 1.29 is 13.2 Å². The third kappa shape index (κ3) is 6.04. The Hall–Kier alpha value is -3.07. The maximum atomic E-state index is 13.2. The number of benzene rings is 3. The van der Waals surface area contributed by atoms with Gasteiger partial charge in [0.15, 0.2) is 0 Å². The zero-order valence-corrected chi connectivity index (χ0v) is 19.7. The molecule has 4 rings (SSSR count). The first-order valence-electron chi connectivity index (χ1n) is 10.7. The number of sulfonamides is 1. The summed E-state index contributed by atoms with van der Waals surface area (Å²) in [5.74, 6) is -0.324. The van der Waals surface area contributed by atoms with Gasteiger partial charge in [0.2, 0.25) is 15.9 Å². The molecule has 1 N–H and O–H groups in total. The number of para-hydroxylation sites is 1. The normalized spacial score (nSPS) is 11.7. The summed E-state index contributed by atoms with van der Waals surface area (Å²) in [6, 6.07) is 25.5. The van der Waals surface area contributed by atoms with Crippen molar-refractivity contribution in [2.45, 2.75) is 24.3 Å². The molecule has 0 aliphatic carbocycles. The second-order valence-electron chi connectivity index (χ2n) is 7.60. The third-order valence-electron chi connectivity index (χ3n) is 5.13. The second kappa shape index (κ2) is 10.7. The Kier molecular flexibility index (Phi) is 7.49. The van der Waals surface area contributed by atoms with E-state index >= 15 is 0 Å². The smallest absolute Gasteiger partial charge is 0.243 e. The number of carbonyl (C=O) groups is 1. The number of aromatic nitrogens is 1. The lowest BCUT2D eigenvalue weighted by Crippen LogP contribution is -2.40. The summed E-state index contributed by atoms with van der Waals surface area (Å²) in [6.07, 6.45) is 1.49. The van der Waals surface area contributed by atoms with Crippen LogP contribution in [0.1, 0.15) is 17.0 Å². The number of carbonyl (C=O) groups excluding carboxylic acids is 1. The highest BCUT2D eigenvalue weighted by atomic mass is 32.2. The molecule has 0 radical (unpaired) electrons. The van der Waals surface area contributed by atoms with E-state index in [1.807, 2.05) is 54.6 Å². The Balaban J connectivity index is 1.37. The summed E-state index contributed by atoms with van der Waals surface area (Å²) in [7, 11) is -3.82. The molecule has 4 aromatic rings. The third-order valence-corrected chi connectivity index (χ3v) is 8.03. The minimum Gasteiger partial charge on any atom is -0.355 e. The van der Waals surface area contributed by atoms with Crippen LogP contribution >= 0.6 is 11.3 Å². The van der Waals surface area contributed by atoms with Crippen LogP contribution in [-0.4, -0.2) is 36.7 Å².